The van der Waals surface area contributed by atoms with E-state index in [2.05, 4.69) is 11.6 Å². The first-order valence-corrected chi connectivity index (χ1v) is 3.46. The normalized spacial score (nSPS) is 3.50. The summed E-state index contributed by atoms with van der Waals surface area (Å²) < 4.78 is 0. The third-order valence-electron chi connectivity index (χ3n) is 0. The zero-order valence-corrected chi connectivity index (χ0v) is 6.47. The lowest BCUT2D eigenvalue weighted by atomic mass is 11.9. The molecule has 0 nitrogen and oxygen atoms in total. The van der Waals surface area contributed by atoms with Gasteiger partial charge in [-0.15, -0.1) is 35.5 Å². The predicted octanol–water partition coefficient (Wildman–Crippen LogP) is 1.40. The van der Waals surface area contributed by atoms with Crippen LogP contribution in [0.2, 0.25) is 11.6 Å². The third-order valence-corrected chi connectivity index (χ3v) is 0. The topological polar surface area (TPSA) is 0 Å². The Morgan fingerprint density at radius 1 is 1.25 bits per heavy atom. The lowest BCUT2D eigenvalue weighted by Crippen LogP contribution is -1.53. The van der Waals surface area contributed by atoms with E-state index in [1.165, 1.54) is 0 Å². The number of hydrogen-bond acceptors (Lipinski definition) is 0. The lowest BCUT2D eigenvalue weighted by molar-refractivity contribution is 2.14. The quantitative estimate of drug-likeness (QED) is 0.395. The van der Waals surface area contributed by atoms with Crippen molar-refractivity contribution in [1.29, 1.82) is 0 Å². The second kappa shape index (κ2) is 8.86. The summed E-state index contributed by atoms with van der Waals surface area (Å²) in [6.07, 6.45) is 0. The zero-order valence-electron chi connectivity index (χ0n) is 2.99. The molecule has 0 aromatic carbocycles. The van der Waals surface area contributed by atoms with Gasteiger partial charge in [0.15, 0.2) is 15.2 Å². The van der Waals surface area contributed by atoms with Crippen LogP contribution in [-0.2, 0) is 0 Å². The summed E-state index contributed by atoms with van der Waals surface area (Å²) in [5.74, 6) is 4.42. The molecule has 2 heteroatoms. The maximum absolute atomic E-state index is 2.21. The van der Waals surface area contributed by atoms with Gasteiger partial charge in [0.2, 0.25) is 0 Å². The molecule has 1 radical (unpaired) electrons. The fourth-order valence-electron chi connectivity index (χ4n) is 0. The van der Waals surface area contributed by atoms with E-state index in [0.717, 1.165) is 15.2 Å². The molecule has 0 saturated carbocycles. The first-order chi connectivity index (χ1) is 1.41. The Bertz CT molecular complexity index is 6.00. The van der Waals surface area contributed by atoms with Crippen LogP contribution >= 0.6 is 24.0 Å². The van der Waals surface area contributed by atoms with Crippen LogP contribution in [0.1, 0.15) is 0 Å². The van der Waals surface area contributed by atoms with Crippen LogP contribution in [0.5, 0.6) is 0 Å². The molecule has 0 saturated heterocycles. The van der Waals surface area contributed by atoms with Crippen molar-refractivity contribution in [2.45, 2.75) is 11.6 Å². The first kappa shape index (κ1) is 8.98. The van der Waals surface area contributed by atoms with Crippen LogP contribution in [-0.4, -0.2) is 15.2 Å². The van der Waals surface area contributed by atoms with Gasteiger partial charge in [-0.1, -0.05) is 0 Å². The molecule has 0 amide bonds. The SMILES string of the molecule is I.[CH3][Al][CH3]. The zero-order chi connectivity index (χ0) is 2.71. The maximum Gasteiger partial charge on any atom is 0.191 e. The van der Waals surface area contributed by atoms with Crippen molar-refractivity contribution >= 4 is 39.2 Å². The van der Waals surface area contributed by atoms with Gasteiger partial charge in [-0.05, 0) is 0 Å². The molecule has 0 N–H and O–H groups in total. The highest BCUT2D eigenvalue weighted by molar-refractivity contribution is 14.0. The number of rotatable bonds is 0. The van der Waals surface area contributed by atoms with Crippen LogP contribution in [0, 0.1) is 0 Å². The molecule has 0 rings (SSSR count). The molecule has 0 bridgehead atoms. The van der Waals surface area contributed by atoms with Crippen molar-refractivity contribution in [2.24, 2.45) is 0 Å². The van der Waals surface area contributed by atoms with Crippen LogP contribution < -0.4 is 0 Å². The summed E-state index contributed by atoms with van der Waals surface area (Å²) in [5, 5.41) is 0. The standard InChI is InChI=1S/2CH3.Al.HI/h2*1H3;;1H. The molecule has 0 aliphatic rings. The third kappa shape index (κ3) is 10.5. The minimum absolute atomic E-state index is 0. The van der Waals surface area contributed by atoms with Gasteiger partial charge in [0, 0.05) is 0 Å². The van der Waals surface area contributed by atoms with Gasteiger partial charge in [-0.2, -0.15) is 0 Å². The summed E-state index contributed by atoms with van der Waals surface area (Å²) in [6.45, 7) is 0. The van der Waals surface area contributed by atoms with Gasteiger partial charge < -0.3 is 0 Å². The van der Waals surface area contributed by atoms with E-state index in [-0.39, 0.29) is 24.0 Å². The van der Waals surface area contributed by atoms with Crippen molar-refractivity contribution in [3.8, 4) is 0 Å². The Labute approximate surface area is 50.7 Å². The molecule has 0 fully saturated rings. The summed E-state index contributed by atoms with van der Waals surface area (Å²) in [6, 6.07) is 0. The van der Waals surface area contributed by atoms with Crippen LogP contribution in [0.25, 0.3) is 0 Å². The van der Waals surface area contributed by atoms with E-state index < -0.39 is 0 Å². The summed E-state index contributed by atoms with van der Waals surface area (Å²) in [5.41, 5.74) is 0. The molecule has 0 spiro atoms. The van der Waals surface area contributed by atoms with Crippen molar-refractivity contribution in [3.63, 3.8) is 0 Å². The summed E-state index contributed by atoms with van der Waals surface area (Å²) in [7, 11) is 0. The van der Waals surface area contributed by atoms with Gasteiger partial charge in [-0.3, -0.25) is 0 Å². The highest BCUT2D eigenvalue weighted by Gasteiger charge is 1.46. The maximum atomic E-state index is 2.21. The van der Waals surface area contributed by atoms with Crippen LogP contribution in [0.15, 0.2) is 0 Å². The van der Waals surface area contributed by atoms with E-state index in [0.29, 0.717) is 0 Å². The Kier molecular flexibility index (Phi) is 19.9. The average molecular weight is 185 g/mol. The van der Waals surface area contributed by atoms with Gasteiger partial charge in [0.05, 0.1) is 0 Å². The molecule has 0 aromatic heterocycles. The smallest absolute Gasteiger partial charge is 0.115 e. The minimum Gasteiger partial charge on any atom is -0.115 e. The van der Waals surface area contributed by atoms with Crippen LogP contribution in [0.4, 0.5) is 0 Å². The van der Waals surface area contributed by atoms with Crippen molar-refractivity contribution in [2.75, 3.05) is 0 Å². The van der Waals surface area contributed by atoms with E-state index in [9.17, 15) is 0 Å². The minimum atomic E-state index is 0. The Hall–Kier alpha value is 1.26. The van der Waals surface area contributed by atoms with E-state index in [4.69, 9.17) is 0 Å². The molecule has 0 heterocycles. The Morgan fingerprint density at radius 3 is 1.25 bits per heavy atom. The molecule has 25 valence electrons. The fourth-order valence-corrected chi connectivity index (χ4v) is 0. The molecule has 0 unspecified atom stereocenters. The second-order valence-corrected chi connectivity index (χ2v) is 1.73. The molecule has 0 aliphatic heterocycles. The molecule has 0 aromatic rings. The van der Waals surface area contributed by atoms with Gasteiger partial charge in [-0.25, -0.2) is 0 Å². The molecular formula is C2H7AlI. The fraction of sp³-hybridized carbons (Fsp3) is 1.00. The summed E-state index contributed by atoms with van der Waals surface area (Å²) >= 11 is 0.750. The first-order valence-electron chi connectivity index (χ1n) is 1.15. The summed E-state index contributed by atoms with van der Waals surface area (Å²) in [4.78, 5) is 0. The largest absolute Gasteiger partial charge is 0.191 e. The molecule has 0 atom stereocenters. The van der Waals surface area contributed by atoms with E-state index in [1.54, 1.807) is 0 Å². The lowest BCUT2D eigenvalue weighted by Gasteiger charge is -1.38. The Balaban J connectivity index is 0. The van der Waals surface area contributed by atoms with Gasteiger partial charge in [0.25, 0.3) is 0 Å². The van der Waals surface area contributed by atoms with Crippen molar-refractivity contribution in [1.82, 2.24) is 0 Å². The van der Waals surface area contributed by atoms with E-state index in [1.807, 2.05) is 0 Å². The second-order valence-electron chi connectivity index (χ2n) is 0.577. The van der Waals surface area contributed by atoms with E-state index >= 15 is 0 Å². The highest BCUT2D eigenvalue weighted by atomic mass is 127. The van der Waals surface area contributed by atoms with Crippen LogP contribution in [0.3, 0.4) is 0 Å². The predicted molar refractivity (Wildman–Crippen MR) is 32.9 cm³/mol. The van der Waals surface area contributed by atoms with Crippen molar-refractivity contribution in [3.05, 3.63) is 0 Å². The van der Waals surface area contributed by atoms with Crippen molar-refractivity contribution < 1.29 is 0 Å². The Morgan fingerprint density at radius 2 is 1.25 bits per heavy atom. The number of hydrogen-bond donors (Lipinski definition) is 0. The molecular weight excluding hydrogens is 178 g/mol. The monoisotopic (exact) mass is 185 g/mol. The number of halogens is 1. The molecule has 0 aliphatic carbocycles. The van der Waals surface area contributed by atoms with Gasteiger partial charge >= 0.3 is 0 Å². The average Bonchev–Trinajstić information content (AvgIpc) is 0.918. The molecule has 4 heavy (non-hydrogen) atoms. The van der Waals surface area contributed by atoms with Gasteiger partial charge in [0.1, 0.15) is 0 Å². The highest BCUT2D eigenvalue weighted by Crippen LogP contribution is 1.36.